The number of anilines is 1. The molecular weight excluding hydrogens is 192 g/mol. The van der Waals surface area contributed by atoms with Crippen molar-refractivity contribution < 1.29 is 0 Å². The van der Waals surface area contributed by atoms with Crippen LogP contribution in [0.4, 0.5) is 5.82 Å². The molecule has 15 heavy (non-hydrogen) atoms. The van der Waals surface area contributed by atoms with Gasteiger partial charge < -0.3 is 5.73 Å². The van der Waals surface area contributed by atoms with E-state index < -0.39 is 0 Å². The molecule has 0 fully saturated rings. The highest BCUT2D eigenvalue weighted by atomic mass is 15.3. The molecule has 0 saturated carbocycles. The highest BCUT2D eigenvalue weighted by Crippen LogP contribution is 2.20. The molecule has 0 bridgehead atoms. The molecule has 6 nitrogen and oxygen atoms in total. The Morgan fingerprint density at radius 1 is 1.53 bits per heavy atom. The van der Waals surface area contributed by atoms with Crippen LogP contribution in [-0.4, -0.2) is 25.0 Å². The van der Waals surface area contributed by atoms with Crippen LogP contribution in [0, 0.1) is 0 Å². The molecule has 0 aliphatic rings. The quantitative estimate of drug-likeness (QED) is 0.775. The minimum atomic E-state index is 0.522. The lowest BCUT2D eigenvalue weighted by Crippen LogP contribution is -1.96. The summed E-state index contributed by atoms with van der Waals surface area (Å²) in [6.07, 6.45) is 3.57. The van der Waals surface area contributed by atoms with E-state index in [9.17, 15) is 0 Å². The zero-order valence-electron chi connectivity index (χ0n) is 8.86. The van der Waals surface area contributed by atoms with Crippen LogP contribution < -0.4 is 5.73 Å². The Labute approximate surface area is 87.5 Å². The summed E-state index contributed by atoms with van der Waals surface area (Å²) in [6.45, 7) is 2.10. The molecule has 2 aromatic heterocycles. The van der Waals surface area contributed by atoms with Crippen molar-refractivity contribution in [2.75, 3.05) is 5.73 Å². The SMILES string of the molecule is CCCc1nc(-c2cn[nH]c2N)n(C)n1. The number of nitrogens with one attached hydrogen (secondary N) is 1. The highest BCUT2D eigenvalue weighted by molar-refractivity contribution is 5.67. The first-order valence-corrected chi connectivity index (χ1v) is 4.91. The zero-order valence-corrected chi connectivity index (χ0v) is 8.86. The summed E-state index contributed by atoms with van der Waals surface area (Å²) < 4.78 is 1.73. The van der Waals surface area contributed by atoms with E-state index in [0.29, 0.717) is 5.82 Å². The molecule has 2 heterocycles. The number of nitrogens with two attached hydrogens (primary N) is 1. The molecule has 3 N–H and O–H groups in total. The monoisotopic (exact) mass is 206 g/mol. The maximum Gasteiger partial charge on any atom is 0.163 e. The van der Waals surface area contributed by atoms with Gasteiger partial charge in [-0.05, 0) is 6.42 Å². The number of rotatable bonds is 3. The van der Waals surface area contributed by atoms with E-state index in [2.05, 4.69) is 27.2 Å². The van der Waals surface area contributed by atoms with E-state index in [1.165, 1.54) is 0 Å². The summed E-state index contributed by atoms with van der Waals surface area (Å²) in [4.78, 5) is 4.41. The molecular formula is C9H14N6. The molecule has 0 unspecified atom stereocenters. The lowest BCUT2D eigenvalue weighted by Gasteiger charge is -1.95. The van der Waals surface area contributed by atoms with Crippen LogP contribution in [0.2, 0.25) is 0 Å². The molecule has 80 valence electrons. The van der Waals surface area contributed by atoms with Gasteiger partial charge in [0, 0.05) is 13.5 Å². The van der Waals surface area contributed by atoms with Crippen LogP contribution >= 0.6 is 0 Å². The fourth-order valence-corrected chi connectivity index (χ4v) is 1.48. The molecule has 0 radical (unpaired) electrons. The Kier molecular flexibility index (Phi) is 2.40. The first-order chi connectivity index (χ1) is 7.22. The van der Waals surface area contributed by atoms with Crippen LogP contribution in [0.3, 0.4) is 0 Å². The molecule has 6 heteroatoms. The fourth-order valence-electron chi connectivity index (χ4n) is 1.48. The van der Waals surface area contributed by atoms with E-state index in [0.717, 1.165) is 30.1 Å². The molecule has 0 spiro atoms. The van der Waals surface area contributed by atoms with Crippen LogP contribution in [0.25, 0.3) is 11.4 Å². The van der Waals surface area contributed by atoms with Crippen molar-refractivity contribution >= 4 is 5.82 Å². The van der Waals surface area contributed by atoms with Gasteiger partial charge >= 0.3 is 0 Å². The first-order valence-electron chi connectivity index (χ1n) is 4.91. The minimum Gasteiger partial charge on any atom is -0.383 e. The molecule has 2 rings (SSSR count). The molecule has 0 saturated heterocycles. The van der Waals surface area contributed by atoms with Gasteiger partial charge in [0.2, 0.25) is 0 Å². The lowest BCUT2D eigenvalue weighted by atomic mass is 10.3. The van der Waals surface area contributed by atoms with Crippen molar-refractivity contribution in [1.29, 1.82) is 0 Å². The highest BCUT2D eigenvalue weighted by Gasteiger charge is 2.12. The van der Waals surface area contributed by atoms with Gasteiger partial charge in [0.15, 0.2) is 11.6 Å². The molecule has 0 aliphatic heterocycles. The number of hydrogen-bond donors (Lipinski definition) is 2. The number of nitrogens with zero attached hydrogens (tertiary/aromatic N) is 4. The average Bonchev–Trinajstić information content (AvgIpc) is 2.73. The number of aryl methyl sites for hydroxylation is 2. The Balaban J connectivity index is 2.40. The van der Waals surface area contributed by atoms with E-state index in [-0.39, 0.29) is 0 Å². The smallest absolute Gasteiger partial charge is 0.163 e. The van der Waals surface area contributed by atoms with Crippen molar-refractivity contribution in [2.45, 2.75) is 19.8 Å². The predicted octanol–water partition coefficient (Wildman–Crippen LogP) is 0.740. The van der Waals surface area contributed by atoms with Gasteiger partial charge in [0.25, 0.3) is 0 Å². The second-order valence-corrected chi connectivity index (χ2v) is 3.42. The van der Waals surface area contributed by atoms with E-state index in [1.54, 1.807) is 10.9 Å². The van der Waals surface area contributed by atoms with Crippen molar-refractivity contribution in [2.24, 2.45) is 7.05 Å². The maximum atomic E-state index is 5.73. The molecule has 0 aromatic carbocycles. The van der Waals surface area contributed by atoms with Crippen LogP contribution in [-0.2, 0) is 13.5 Å². The number of nitrogen functional groups attached to an aromatic ring is 1. The normalized spacial score (nSPS) is 10.8. The third kappa shape index (κ3) is 1.70. The fraction of sp³-hybridized carbons (Fsp3) is 0.444. The Bertz CT molecular complexity index is 455. The third-order valence-corrected chi connectivity index (χ3v) is 2.19. The number of H-pyrrole nitrogens is 1. The second kappa shape index (κ2) is 3.72. The van der Waals surface area contributed by atoms with Crippen molar-refractivity contribution in [3.63, 3.8) is 0 Å². The number of aromatic nitrogens is 5. The minimum absolute atomic E-state index is 0.522. The second-order valence-electron chi connectivity index (χ2n) is 3.42. The topological polar surface area (TPSA) is 85.4 Å². The van der Waals surface area contributed by atoms with Gasteiger partial charge in [-0.15, -0.1) is 0 Å². The van der Waals surface area contributed by atoms with Gasteiger partial charge in [0.05, 0.1) is 11.8 Å². The Morgan fingerprint density at radius 3 is 2.93 bits per heavy atom. The summed E-state index contributed by atoms with van der Waals surface area (Å²) in [7, 11) is 1.86. The Morgan fingerprint density at radius 2 is 2.33 bits per heavy atom. The Hall–Kier alpha value is -1.85. The van der Waals surface area contributed by atoms with Gasteiger partial charge in [-0.25, -0.2) is 9.67 Å². The van der Waals surface area contributed by atoms with E-state index >= 15 is 0 Å². The average molecular weight is 206 g/mol. The summed E-state index contributed by atoms with van der Waals surface area (Å²) in [5, 5.41) is 10.9. The summed E-state index contributed by atoms with van der Waals surface area (Å²) in [5.74, 6) is 2.12. The molecule has 0 aliphatic carbocycles. The largest absolute Gasteiger partial charge is 0.383 e. The van der Waals surface area contributed by atoms with Gasteiger partial charge in [-0.2, -0.15) is 10.2 Å². The summed E-state index contributed by atoms with van der Waals surface area (Å²) in [5.41, 5.74) is 6.52. The van der Waals surface area contributed by atoms with Crippen molar-refractivity contribution in [3.05, 3.63) is 12.0 Å². The number of hydrogen-bond acceptors (Lipinski definition) is 4. The molecule has 0 amide bonds. The van der Waals surface area contributed by atoms with Crippen LogP contribution in [0.5, 0.6) is 0 Å². The standard InChI is InChI=1S/C9H14N6/c1-3-4-7-12-9(15(2)14-7)6-5-11-13-8(6)10/h5H,3-4H2,1-2H3,(H3,10,11,13). The van der Waals surface area contributed by atoms with Crippen molar-refractivity contribution in [3.8, 4) is 11.4 Å². The zero-order chi connectivity index (χ0) is 10.8. The first kappa shape index (κ1) is 9.70. The van der Waals surface area contributed by atoms with E-state index in [1.807, 2.05) is 7.05 Å². The third-order valence-electron chi connectivity index (χ3n) is 2.19. The van der Waals surface area contributed by atoms with E-state index in [4.69, 9.17) is 5.73 Å². The van der Waals surface area contributed by atoms with Gasteiger partial charge in [-0.3, -0.25) is 5.10 Å². The van der Waals surface area contributed by atoms with Gasteiger partial charge in [0.1, 0.15) is 5.82 Å². The lowest BCUT2D eigenvalue weighted by molar-refractivity contribution is 0.738. The van der Waals surface area contributed by atoms with Gasteiger partial charge in [-0.1, -0.05) is 6.92 Å². The predicted molar refractivity (Wildman–Crippen MR) is 57.0 cm³/mol. The van der Waals surface area contributed by atoms with Crippen molar-refractivity contribution in [1.82, 2.24) is 25.0 Å². The summed E-state index contributed by atoms with van der Waals surface area (Å²) >= 11 is 0. The summed E-state index contributed by atoms with van der Waals surface area (Å²) in [6, 6.07) is 0. The maximum absolute atomic E-state index is 5.73. The van der Waals surface area contributed by atoms with Crippen LogP contribution in [0.15, 0.2) is 6.20 Å². The molecule has 0 atom stereocenters. The number of aromatic amines is 1. The van der Waals surface area contributed by atoms with Crippen LogP contribution in [0.1, 0.15) is 19.2 Å². The molecule has 2 aromatic rings.